The van der Waals surface area contributed by atoms with Crippen LogP contribution in [0.1, 0.15) is 22.8 Å². The predicted molar refractivity (Wildman–Crippen MR) is 96.9 cm³/mol. The molecule has 26 heavy (non-hydrogen) atoms. The summed E-state index contributed by atoms with van der Waals surface area (Å²) in [4.78, 5) is 27.1. The molecule has 2 aromatic carbocycles. The molecule has 0 bridgehead atoms. The lowest BCUT2D eigenvalue weighted by Crippen LogP contribution is -2.39. The van der Waals surface area contributed by atoms with E-state index in [4.69, 9.17) is 14.2 Å². The maximum atomic E-state index is 12.8. The molecular formula is C20H21NO5. The lowest BCUT2D eigenvalue weighted by Gasteiger charge is -2.22. The van der Waals surface area contributed by atoms with Crippen molar-refractivity contribution in [1.29, 1.82) is 0 Å². The zero-order valence-corrected chi connectivity index (χ0v) is 15.0. The van der Waals surface area contributed by atoms with E-state index in [2.05, 4.69) is 0 Å². The van der Waals surface area contributed by atoms with E-state index in [1.165, 1.54) is 14.2 Å². The number of carbonyl (C=O) groups excluding carboxylic acids is 2. The molecule has 1 aliphatic rings. The monoisotopic (exact) mass is 355 g/mol. The van der Waals surface area contributed by atoms with Gasteiger partial charge in [-0.2, -0.15) is 0 Å². The summed E-state index contributed by atoms with van der Waals surface area (Å²) in [6.45, 7) is 2.15. The number of methoxy groups -OCH3 is 2. The van der Waals surface area contributed by atoms with Crippen LogP contribution >= 0.6 is 0 Å². The Morgan fingerprint density at radius 2 is 1.65 bits per heavy atom. The van der Waals surface area contributed by atoms with Gasteiger partial charge in [0.1, 0.15) is 17.1 Å². The summed E-state index contributed by atoms with van der Waals surface area (Å²) in [6.07, 6.45) is -0.133. The number of amides is 1. The van der Waals surface area contributed by atoms with Gasteiger partial charge in [-0.3, -0.25) is 4.79 Å². The largest absolute Gasteiger partial charge is 0.496 e. The summed E-state index contributed by atoms with van der Waals surface area (Å²) < 4.78 is 15.9. The van der Waals surface area contributed by atoms with Crippen molar-refractivity contribution in [3.63, 3.8) is 0 Å². The van der Waals surface area contributed by atoms with Crippen molar-refractivity contribution >= 4 is 17.6 Å². The first-order valence-corrected chi connectivity index (χ1v) is 8.38. The Kier molecular flexibility index (Phi) is 5.11. The Hall–Kier alpha value is -3.02. The van der Waals surface area contributed by atoms with Crippen LogP contribution in [0.15, 0.2) is 42.5 Å². The fourth-order valence-electron chi connectivity index (χ4n) is 3.11. The number of anilines is 1. The Morgan fingerprint density at radius 1 is 1.00 bits per heavy atom. The third kappa shape index (κ3) is 3.22. The molecule has 1 unspecified atom stereocenters. The normalized spacial score (nSPS) is 13.7. The van der Waals surface area contributed by atoms with Crippen LogP contribution in [0, 0.1) is 0 Å². The molecule has 0 saturated carbocycles. The highest BCUT2D eigenvalue weighted by molar-refractivity contribution is 6.01. The van der Waals surface area contributed by atoms with Crippen LogP contribution in [-0.4, -0.2) is 38.7 Å². The van der Waals surface area contributed by atoms with Gasteiger partial charge in [0.2, 0.25) is 0 Å². The van der Waals surface area contributed by atoms with Crippen molar-refractivity contribution in [1.82, 2.24) is 0 Å². The number of rotatable bonds is 5. The van der Waals surface area contributed by atoms with Crippen LogP contribution < -0.4 is 14.4 Å². The highest BCUT2D eigenvalue weighted by Gasteiger charge is 2.31. The average Bonchev–Trinajstić information content (AvgIpc) is 3.10. The molecule has 1 amide bonds. The molecule has 6 heteroatoms. The summed E-state index contributed by atoms with van der Waals surface area (Å²) >= 11 is 0. The van der Waals surface area contributed by atoms with Gasteiger partial charge in [-0.25, -0.2) is 4.79 Å². The number of hydrogen-bond acceptors (Lipinski definition) is 5. The molecule has 0 radical (unpaired) electrons. The zero-order valence-electron chi connectivity index (χ0n) is 15.0. The molecule has 3 rings (SSSR count). The van der Waals surface area contributed by atoms with E-state index >= 15 is 0 Å². The molecule has 0 aromatic heterocycles. The Bertz CT molecular complexity index is 810. The SMILES string of the molecule is COc1cccc(OC)c1C(=O)OC(C)C(=O)N1CCc2ccccc21. The van der Waals surface area contributed by atoms with E-state index in [0.717, 1.165) is 17.7 Å². The van der Waals surface area contributed by atoms with Crippen molar-refractivity contribution in [3.05, 3.63) is 53.6 Å². The molecule has 0 fully saturated rings. The summed E-state index contributed by atoms with van der Waals surface area (Å²) in [7, 11) is 2.92. The quantitative estimate of drug-likeness (QED) is 0.772. The minimum Gasteiger partial charge on any atom is -0.496 e. The van der Waals surface area contributed by atoms with Crippen molar-refractivity contribution in [2.75, 3.05) is 25.7 Å². The number of esters is 1. The fraction of sp³-hybridized carbons (Fsp3) is 0.300. The summed E-state index contributed by atoms with van der Waals surface area (Å²) in [5, 5.41) is 0. The Morgan fingerprint density at radius 3 is 2.31 bits per heavy atom. The first kappa shape index (κ1) is 17.8. The molecule has 1 aliphatic heterocycles. The van der Waals surface area contributed by atoms with Crippen LogP contribution in [0.3, 0.4) is 0 Å². The number of fused-ring (bicyclic) bond motifs is 1. The fourth-order valence-corrected chi connectivity index (χ4v) is 3.11. The summed E-state index contributed by atoms with van der Waals surface area (Å²) in [6, 6.07) is 12.7. The first-order valence-electron chi connectivity index (χ1n) is 8.38. The lowest BCUT2D eigenvalue weighted by molar-refractivity contribution is -0.126. The van der Waals surface area contributed by atoms with Gasteiger partial charge in [0.05, 0.1) is 14.2 Å². The minimum atomic E-state index is -0.928. The number of ether oxygens (including phenoxy) is 3. The van der Waals surface area contributed by atoms with Gasteiger partial charge in [-0.1, -0.05) is 24.3 Å². The third-order valence-electron chi connectivity index (χ3n) is 4.42. The van der Waals surface area contributed by atoms with Crippen LogP contribution in [-0.2, 0) is 16.0 Å². The first-order chi connectivity index (χ1) is 12.6. The predicted octanol–water partition coefficient (Wildman–Crippen LogP) is 2.84. The second-order valence-electron chi connectivity index (χ2n) is 5.95. The smallest absolute Gasteiger partial charge is 0.346 e. The van der Waals surface area contributed by atoms with Crippen LogP contribution in [0.2, 0.25) is 0 Å². The number of hydrogen-bond donors (Lipinski definition) is 0. The van der Waals surface area contributed by atoms with E-state index < -0.39 is 12.1 Å². The highest BCUT2D eigenvalue weighted by atomic mass is 16.6. The Labute approximate surface area is 152 Å². The van der Waals surface area contributed by atoms with Crippen molar-refractivity contribution in [2.45, 2.75) is 19.4 Å². The van der Waals surface area contributed by atoms with Gasteiger partial charge in [0.15, 0.2) is 6.10 Å². The molecule has 0 aliphatic carbocycles. The van der Waals surface area contributed by atoms with E-state index in [1.807, 2.05) is 24.3 Å². The van der Waals surface area contributed by atoms with E-state index in [-0.39, 0.29) is 11.5 Å². The van der Waals surface area contributed by atoms with Crippen LogP contribution in [0.5, 0.6) is 11.5 Å². The molecule has 1 heterocycles. The molecule has 0 saturated heterocycles. The lowest BCUT2D eigenvalue weighted by atomic mass is 10.1. The van der Waals surface area contributed by atoms with Crippen LogP contribution in [0.4, 0.5) is 5.69 Å². The van der Waals surface area contributed by atoms with Gasteiger partial charge >= 0.3 is 5.97 Å². The minimum absolute atomic E-state index is 0.166. The molecular weight excluding hydrogens is 334 g/mol. The highest BCUT2D eigenvalue weighted by Crippen LogP contribution is 2.31. The van der Waals surface area contributed by atoms with Gasteiger partial charge in [-0.15, -0.1) is 0 Å². The van der Waals surface area contributed by atoms with E-state index in [0.29, 0.717) is 18.0 Å². The topological polar surface area (TPSA) is 65.1 Å². The second kappa shape index (κ2) is 7.47. The maximum absolute atomic E-state index is 12.8. The Balaban J connectivity index is 1.78. The third-order valence-corrected chi connectivity index (χ3v) is 4.42. The standard InChI is InChI=1S/C20H21NO5/c1-13(19(22)21-12-11-14-7-4-5-8-15(14)21)26-20(23)18-16(24-2)9-6-10-17(18)25-3/h4-10,13H,11-12H2,1-3H3. The number of nitrogens with zero attached hydrogens (tertiary/aromatic N) is 1. The van der Waals surface area contributed by atoms with Gasteiger partial charge < -0.3 is 19.1 Å². The van der Waals surface area contributed by atoms with Gasteiger partial charge in [-0.05, 0) is 37.1 Å². The summed E-state index contributed by atoms with van der Waals surface area (Å²) in [5.74, 6) is -0.245. The molecule has 2 aromatic rings. The van der Waals surface area contributed by atoms with E-state index in [1.54, 1.807) is 30.0 Å². The average molecular weight is 355 g/mol. The number of para-hydroxylation sites is 1. The summed E-state index contributed by atoms with van der Waals surface area (Å²) in [5.41, 5.74) is 2.15. The number of carbonyl (C=O) groups is 2. The molecule has 136 valence electrons. The van der Waals surface area contributed by atoms with E-state index in [9.17, 15) is 9.59 Å². The maximum Gasteiger partial charge on any atom is 0.346 e. The molecule has 0 N–H and O–H groups in total. The van der Waals surface area contributed by atoms with Gasteiger partial charge in [0.25, 0.3) is 5.91 Å². The molecule has 6 nitrogen and oxygen atoms in total. The van der Waals surface area contributed by atoms with Gasteiger partial charge in [0, 0.05) is 12.2 Å². The zero-order chi connectivity index (χ0) is 18.7. The van der Waals surface area contributed by atoms with Crippen molar-refractivity contribution < 1.29 is 23.8 Å². The van der Waals surface area contributed by atoms with Crippen molar-refractivity contribution in [3.8, 4) is 11.5 Å². The number of benzene rings is 2. The molecule has 0 spiro atoms. The van der Waals surface area contributed by atoms with Crippen LogP contribution in [0.25, 0.3) is 0 Å². The second-order valence-corrected chi connectivity index (χ2v) is 5.95. The van der Waals surface area contributed by atoms with Crippen molar-refractivity contribution in [2.24, 2.45) is 0 Å². The molecule has 1 atom stereocenters.